The highest BCUT2D eigenvalue weighted by molar-refractivity contribution is 8.00. The fraction of sp³-hybridized carbons (Fsp3) is 0.286. The number of anilines is 1. The van der Waals surface area contributed by atoms with Crippen LogP contribution in [0.4, 0.5) is 9.93 Å². The Hall–Kier alpha value is -3.33. The summed E-state index contributed by atoms with van der Waals surface area (Å²) in [6.45, 7) is -0.371. The fourth-order valence-electron chi connectivity index (χ4n) is 2.77. The van der Waals surface area contributed by atoms with Gasteiger partial charge in [-0.3, -0.25) is 14.5 Å². The number of carbonyl (C=O) groups is 4. The smallest absolute Gasteiger partial charge is 0.404 e. The summed E-state index contributed by atoms with van der Waals surface area (Å²) in [5, 5.41) is 24.8. The number of rotatable bonds is 6. The van der Waals surface area contributed by atoms with Crippen LogP contribution in [0.25, 0.3) is 0 Å². The van der Waals surface area contributed by atoms with Crippen LogP contribution in [0, 0.1) is 0 Å². The summed E-state index contributed by atoms with van der Waals surface area (Å²) in [7, 11) is 0. The fourth-order valence-corrected chi connectivity index (χ4v) is 4.65. The first-order chi connectivity index (χ1) is 13.7. The summed E-state index contributed by atoms with van der Waals surface area (Å²) in [4.78, 5) is 52.2. The van der Waals surface area contributed by atoms with E-state index in [1.54, 1.807) is 0 Å². The third-order valence-corrected chi connectivity index (χ3v) is 6.02. The molecule has 2 aliphatic heterocycles. The number of ether oxygens (including phenoxy) is 1. The van der Waals surface area contributed by atoms with E-state index in [0.717, 1.165) is 16.2 Å². The van der Waals surface area contributed by atoms with Crippen molar-refractivity contribution in [1.29, 1.82) is 0 Å². The van der Waals surface area contributed by atoms with Gasteiger partial charge in [0.25, 0.3) is 11.8 Å². The van der Waals surface area contributed by atoms with Crippen LogP contribution in [-0.4, -0.2) is 73.6 Å². The van der Waals surface area contributed by atoms with E-state index in [0.29, 0.717) is 0 Å². The molecule has 1 aromatic heterocycles. The number of nitrogens with one attached hydrogen (secondary N) is 1. The van der Waals surface area contributed by atoms with Gasteiger partial charge in [0.1, 0.15) is 29.4 Å². The summed E-state index contributed by atoms with van der Waals surface area (Å²) >= 11 is 2.20. The molecule has 3 rings (SSSR count). The molecule has 1 aromatic rings. The topological polar surface area (TPSA) is 211 Å². The maximum atomic E-state index is 12.5. The molecule has 7 N–H and O–H groups in total. The van der Waals surface area contributed by atoms with E-state index in [2.05, 4.69) is 20.2 Å². The number of fused-ring (bicyclic) bond motifs is 1. The molecule has 2 aliphatic rings. The first kappa shape index (κ1) is 20.4. The second kappa shape index (κ2) is 7.96. The lowest BCUT2D eigenvalue weighted by Crippen LogP contribution is -2.71. The highest BCUT2D eigenvalue weighted by Crippen LogP contribution is 2.40. The highest BCUT2D eigenvalue weighted by atomic mass is 32.2. The largest absolute Gasteiger partial charge is 0.477 e. The number of thioether (sulfide) groups is 1. The summed E-state index contributed by atoms with van der Waals surface area (Å²) in [6.07, 6.45) is -1.08. The third-order valence-electron chi connectivity index (χ3n) is 4.00. The second-order valence-electron chi connectivity index (χ2n) is 5.75. The standard InChI is InChI=1S/C14H14N6O7S2/c15-13-17-5(3-29-13)6(19-26)9(21)18-7-10(22)20-8(12(23)24)4(1-27-14(16)25)2-28-11(7)20/h3,7,11,26H,1-2H2,(H2,15,17)(H2,16,25)(H,18,21)(H,23,24)/t7?,11-/m0/s1. The Labute approximate surface area is 170 Å². The van der Waals surface area contributed by atoms with Gasteiger partial charge in [-0.25, -0.2) is 14.6 Å². The molecule has 3 heterocycles. The number of carboxylic acids is 1. The van der Waals surface area contributed by atoms with E-state index >= 15 is 0 Å². The van der Waals surface area contributed by atoms with Crippen molar-refractivity contribution in [2.75, 3.05) is 18.1 Å². The van der Waals surface area contributed by atoms with Crippen LogP contribution >= 0.6 is 23.1 Å². The van der Waals surface area contributed by atoms with Gasteiger partial charge >= 0.3 is 12.1 Å². The lowest BCUT2D eigenvalue weighted by atomic mass is 10.0. The van der Waals surface area contributed by atoms with E-state index in [9.17, 15) is 24.3 Å². The molecule has 13 nitrogen and oxygen atoms in total. The predicted molar refractivity (Wildman–Crippen MR) is 100 cm³/mol. The first-order valence-electron chi connectivity index (χ1n) is 7.81. The number of carbonyl (C=O) groups excluding carboxylic acids is 3. The van der Waals surface area contributed by atoms with Gasteiger partial charge in [-0.05, 0) is 0 Å². The van der Waals surface area contributed by atoms with Gasteiger partial charge in [-0.2, -0.15) is 0 Å². The van der Waals surface area contributed by atoms with Crippen LogP contribution in [0.3, 0.4) is 0 Å². The Bertz CT molecular complexity index is 958. The first-order valence-corrected chi connectivity index (χ1v) is 9.74. The number of nitrogens with zero attached hydrogens (tertiary/aromatic N) is 3. The van der Waals surface area contributed by atoms with Crippen LogP contribution in [-0.2, 0) is 19.1 Å². The molecule has 1 unspecified atom stereocenters. The minimum absolute atomic E-state index is 0.0319. The summed E-state index contributed by atoms with van der Waals surface area (Å²) in [5.41, 5.74) is 9.86. The predicted octanol–water partition coefficient (Wildman–Crippen LogP) is -1.26. The van der Waals surface area contributed by atoms with Gasteiger partial charge in [0, 0.05) is 16.7 Å². The maximum absolute atomic E-state index is 12.5. The molecule has 0 radical (unpaired) electrons. The molecule has 154 valence electrons. The molecular weight excluding hydrogens is 428 g/mol. The van der Waals surface area contributed by atoms with Crippen molar-refractivity contribution in [1.82, 2.24) is 15.2 Å². The molecule has 0 aliphatic carbocycles. The molecular formula is C14H14N6O7S2. The van der Waals surface area contributed by atoms with Gasteiger partial charge in [0.05, 0.1) is 0 Å². The minimum atomic E-state index is -1.38. The zero-order valence-corrected chi connectivity index (χ0v) is 16.0. The van der Waals surface area contributed by atoms with Crippen molar-refractivity contribution in [2.45, 2.75) is 11.4 Å². The molecule has 2 atom stereocenters. The Kier molecular flexibility index (Phi) is 5.60. The monoisotopic (exact) mass is 442 g/mol. The van der Waals surface area contributed by atoms with Crippen molar-refractivity contribution in [3.63, 3.8) is 0 Å². The molecule has 0 spiro atoms. The minimum Gasteiger partial charge on any atom is -0.477 e. The Morgan fingerprint density at radius 2 is 2.17 bits per heavy atom. The zero-order chi connectivity index (χ0) is 21.3. The normalized spacial score (nSPS) is 21.3. The number of nitrogens with two attached hydrogens (primary N) is 2. The number of oxime groups is 1. The van der Waals surface area contributed by atoms with E-state index in [4.69, 9.17) is 16.7 Å². The van der Waals surface area contributed by atoms with E-state index in [1.165, 1.54) is 17.1 Å². The molecule has 0 aromatic carbocycles. The average molecular weight is 442 g/mol. The summed E-state index contributed by atoms with van der Waals surface area (Å²) in [5.74, 6) is -2.80. The Morgan fingerprint density at radius 1 is 1.45 bits per heavy atom. The third kappa shape index (κ3) is 3.81. The Balaban J connectivity index is 1.76. The molecule has 1 saturated heterocycles. The lowest BCUT2D eigenvalue weighted by molar-refractivity contribution is -0.150. The number of carboxylic acid groups (broad SMARTS) is 1. The molecule has 0 bridgehead atoms. The van der Waals surface area contributed by atoms with Crippen molar-refractivity contribution >= 4 is 57.8 Å². The quantitative estimate of drug-likeness (QED) is 0.153. The van der Waals surface area contributed by atoms with Crippen molar-refractivity contribution in [2.24, 2.45) is 10.9 Å². The zero-order valence-electron chi connectivity index (χ0n) is 14.4. The highest BCUT2D eigenvalue weighted by Gasteiger charge is 2.54. The van der Waals surface area contributed by atoms with E-state index < -0.39 is 41.0 Å². The number of aliphatic carboxylic acids is 1. The number of nitrogen functional groups attached to an aromatic ring is 1. The van der Waals surface area contributed by atoms with Gasteiger partial charge < -0.3 is 31.8 Å². The van der Waals surface area contributed by atoms with Crippen LogP contribution in [0.15, 0.2) is 21.8 Å². The molecule has 1 fully saturated rings. The SMILES string of the molecule is NC(=O)OCC1=C(C(=O)O)N2C(=O)C(NC(=O)C(=NO)c3csc(N)n3)[C@@H]2SC1. The number of hydrogen-bond acceptors (Lipinski definition) is 11. The summed E-state index contributed by atoms with van der Waals surface area (Å²) < 4.78 is 4.63. The van der Waals surface area contributed by atoms with Gasteiger partial charge in [-0.15, -0.1) is 23.1 Å². The van der Waals surface area contributed by atoms with Gasteiger partial charge in [-0.1, -0.05) is 5.16 Å². The van der Waals surface area contributed by atoms with Crippen molar-refractivity contribution in [3.8, 4) is 0 Å². The van der Waals surface area contributed by atoms with Crippen LogP contribution in [0.2, 0.25) is 0 Å². The number of primary amides is 1. The van der Waals surface area contributed by atoms with Crippen LogP contribution in [0.5, 0.6) is 0 Å². The summed E-state index contributed by atoms with van der Waals surface area (Å²) in [6, 6.07) is -1.05. The lowest BCUT2D eigenvalue weighted by Gasteiger charge is -2.49. The number of amides is 3. The maximum Gasteiger partial charge on any atom is 0.404 e. The average Bonchev–Trinajstić information content (AvgIpc) is 3.09. The number of aromatic nitrogens is 1. The van der Waals surface area contributed by atoms with E-state index in [-0.39, 0.29) is 34.5 Å². The molecule has 0 saturated carbocycles. The number of β-lactam (4-membered cyclic amide) rings is 1. The molecule has 3 amide bonds. The van der Waals surface area contributed by atoms with E-state index in [1.807, 2.05) is 0 Å². The van der Waals surface area contributed by atoms with Gasteiger partial charge in [0.15, 0.2) is 10.8 Å². The number of hydrogen-bond donors (Lipinski definition) is 5. The van der Waals surface area contributed by atoms with Gasteiger partial charge in [0.2, 0.25) is 0 Å². The molecule has 29 heavy (non-hydrogen) atoms. The number of thiazole rings is 1. The Morgan fingerprint density at radius 3 is 2.72 bits per heavy atom. The van der Waals surface area contributed by atoms with Crippen LogP contribution in [0.1, 0.15) is 5.69 Å². The van der Waals surface area contributed by atoms with Crippen LogP contribution < -0.4 is 16.8 Å². The van der Waals surface area contributed by atoms with Crippen molar-refractivity contribution in [3.05, 3.63) is 22.3 Å². The van der Waals surface area contributed by atoms with Crippen molar-refractivity contribution < 1.29 is 34.2 Å². The second-order valence-corrected chi connectivity index (χ2v) is 7.74. The molecule has 15 heteroatoms.